The molecule has 0 N–H and O–H groups in total. The molecule has 0 fully saturated rings. The molecule has 1 aliphatic heterocycles. The van der Waals surface area contributed by atoms with Gasteiger partial charge in [-0.3, -0.25) is 9.59 Å². The third kappa shape index (κ3) is 3.81. The second kappa shape index (κ2) is 7.81. The Kier molecular flexibility index (Phi) is 5.22. The molecule has 3 aromatic rings. The van der Waals surface area contributed by atoms with Crippen LogP contribution in [0.15, 0.2) is 82.6 Å². The minimum atomic E-state index is -0.594. The zero-order valence-electron chi connectivity index (χ0n) is 14.7. The summed E-state index contributed by atoms with van der Waals surface area (Å²) in [7, 11) is 0. The topological polar surface area (TPSA) is 37.4 Å². The van der Waals surface area contributed by atoms with Crippen LogP contribution in [-0.2, 0) is 9.59 Å². The van der Waals surface area contributed by atoms with Gasteiger partial charge in [0.2, 0.25) is 0 Å². The number of halogens is 3. The van der Waals surface area contributed by atoms with Crippen LogP contribution in [-0.4, -0.2) is 11.8 Å². The maximum absolute atomic E-state index is 13.7. The summed E-state index contributed by atoms with van der Waals surface area (Å²) in [5.74, 6) is -2.19. The summed E-state index contributed by atoms with van der Waals surface area (Å²) in [6, 6.07) is 17.4. The van der Waals surface area contributed by atoms with Gasteiger partial charge in [-0.1, -0.05) is 41.6 Å². The Morgan fingerprint density at radius 3 is 2.14 bits per heavy atom. The monoisotopic (exact) mass is 427 g/mol. The van der Waals surface area contributed by atoms with E-state index in [1.165, 1.54) is 42.5 Å². The molecule has 0 aliphatic carbocycles. The van der Waals surface area contributed by atoms with Gasteiger partial charge in [-0.15, -0.1) is 0 Å². The summed E-state index contributed by atoms with van der Waals surface area (Å²) >= 11 is 7.02. The van der Waals surface area contributed by atoms with Crippen molar-refractivity contribution in [2.75, 3.05) is 4.90 Å². The van der Waals surface area contributed by atoms with Crippen LogP contribution >= 0.6 is 23.4 Å². The van der Waals surface area contributed by atoms with Gasteiger partial charge >= 0.3 is 0 Å². The third-order valence-corrected chi connectivity index (χ3v) is 5.62. The molecular formula is C22H12ClF2NO2S. The van der Waals surface area contributed by atoms with Gasteiger partial charge in [0.25, 0.3) is 11.8 Å². The Bertz CT molecular complexity index is 1140. The van der Waals surface area contributed by atoms with E-state index >= 15 is 0 Å². The molecule has 3 aromatic carbocycles. The Morgan fingerprint density at radius 1 is 0.793 bits per heavy atom. The highest BCUT2D eigenvalue weighted by molar-refractivity contribution is 8.04. The van der Waals surface area contributed by atoms with Crippen molar-refractivity contribution < 1.29 is 18.4 Å². The molecule has 0 radical (unpaired) electrons. The quantitative estimate of drug-likeness (QED) is 0.501. The van der Waals surface area contributed by atoms with Crippen LogP contribution in [0.3, 0.4) is 0 Å². The van der Waals surface area contributed by atoms with Gasteiger partial charge in [-0.05, 0) is 60.2 Å². The fourth-order valence-electron chi connectivity index (χ4n) is 2.95. The van der Waals surface area contributed by atoms with Crippen LogP contribution in [0.25, 0.3) is 5.57 Å². The lowest BCUT2D eigenvalue weighted by molar-refractivity contribution is -0.119. The molecule has 144 valence electrons. The lowest BCUT2D eigenvalue weighted by Gasteiger charge is -2.15. The van der Waals surface area contributed by atoms with E-state index in [2.05, 4.69) is 0 Å². The number of anilines is 1. The normalized spacial score (nSPS) is 14.1. The molecule has 0 atom stereocenters. The highest BCUT2D eigenvalue weighted by Crippen LogP contribution is 2.41. The fourth-order valence-corrected chi connectivity index (χ4v) is 4.07. The standard InChI is InChI=1S/C22H12ClF2NO2S/c23-14-6-10-18(11-7-14)29-20-19(13-4-8-15(24)9-5-13)21(27)26(22(20)28)17-3-1-2-16(25)12-17/h1-12H. The molecule has 3 nitrogen and oxygen atoms in total. The summed E-state index contributed by atoms with van der Waals surface area (Å²) in [6.07, 6.45) is 0. The molecule has 0 saturated carbocycles. The molecule has 29 heavy (non-hydrogen) atoms. The lowest BCUT2D eigenvalue weighted by atomic mass is 10.1. The predicted molar refractivity (Wildman–Crippen MR) is 110 cm³/mol. The molecule has 0 bridgehead atoms. The second-order valence-electron chi connectivity index (χ2n) is 6.19. The first-order chi connectivity index (χ1) is 13.9. The maximum Gasteiger partial charge on any atom is 0.272 e. The van der Waals surface area contributed by atoms with Crippen molar-refractivity contribution in [2.45, 2.75) is 4.90 Å². The zero-order valence-corrected chi connectivity index (χ0v) is 16.3. The maximum atomic E-state index is 13.7. The highest BCUT2D eigenvalue weighted by atomic mass is 35.5. The third-order valence-electron chi connectivity index (χ3n) is 4.27. The molecule has 0 aromatic heterocycles. The van der Waals surface area contributed by atoms with Gasteiger partial charge in [0.05, 0.1) is 16.2 Å². The highest BCUT2D eigenvalue weighted by Gasteiger charge is 2.40. The van der Waals surface area contributed by atoms with E-state index in [0.717, 1.165) is 22.7 Å². The average Bonchev–Trinajstić information content (AvgIpc) is 2.94. The van der Waals surface area contributed by atoms with Crippen LogP contribution in [0.5, 0.6) is 0 Å². The fraction of sp³-hybridized carbons (Fsp3) is 0. The van der Waals surface area contributed by atoms with Gasteiger partial charge in [0.15, 0.2) is 0 Å². The van der Waals surface area contributed by atoms with Crippen molar-refractivity contribution in [1.29, 1.82) is 0 Å². The van der Waals surface area contributed by atoms with Crippen LogP contribution in [0.2, 0.25) is 5.02 Å². The Labute approximate surface area is 174 Å². The smallest absolute Gasteiger partial charge is 0.268 e. The Balaban J connectivity index is 1.82. The number of thioether (sulfide) groups is 1. The summed E-state index contributed by atoms with van der Waals surface area (Å²) in [6.45, 7) is 0. The van der Waals surface area contributed by atoms with E-state index in [1.807, 2.05) is 0 Å². The number of imide groups is 1. The molecule has 0 spiro atoms. The van der Waals surface area contributed by atoms with Gasteiger partial charge in [0.1, 0.15) is 11.6 Å². The van der Waals surface area contributed by atoms with Crippen LogP contribution in [0.4, 0.5) is 14.5 Å². The van der Waals surface area contributed by atoms with Crippen molar-refractivity contribution in [1.82, 2.24) is 0 Å². The van der Waals surface area contributed by atoms with Crippen LogP contribution in [0, 0.1) is 11.6 Å². The average molecular weight is 428 g/mol. The minimum Gasteiger partial charge on any atom is -0.268 e. The summed E-state index contributed by atoms with van der Waals surface area (Å²) in [5, 5.41) is 0.539. The molecule has 0 unspecified atom stereocenters. The van der Waals surface area contributed by atoms with E-state index in [-0.39, 0.29) is 16.2 Å². The van der Waals surface area contributed by atoms with Crippen LogP contribution in [0.1, 0.15) is 5.56 Å². The first-order valence-corrected chi connectivity index (χ1v) is 9.71. The predicted octanol–water partition coefficient (Wildman–Crippen LogP) is 5.70. The second-order valence-corrected chi connectivity index (χ2v) is 7.71. The number of benzene rings is 3. The van der Waals surface area contributed by atoms with Crippen molar-refractivity contribution in [2.24, 2.45) is 0 Å². The van der Waals surface area contributed by atoms with Gasteiger partial charge in [-0.2, -0.15) is 0 Å². The summed E-state index contributed by atoms with van der Waals surface area (Å²) in [4.78, 5) is 28.1. The van der Waals surface area contributed by atoms with E-state index in [1.54, 1.807) is 24.3 Å². The minimum absolute atomic E-state index is 0.131. The number of hydrogen-bond donors (Lipinski definition) is 0. The molecule has 0 saturated heterocycles. The van der Waals surface area contributed by atoms with Gasteiger partial charge < -0.3 is 0 Å². The largest absolute Gasteiger partial charge is 0.272 e. The number of rotatable bonds is 4. The number of nitrogens with zero attached hydrogens (tertiary/aromatic N) is 1. The Morgan fingerprint density at radius 2 is 1.48 bits per heavy atom. The molecule has 2 amide bonds. The molecule has 1 heterocycles. The first kappa shape index (κ1) is 19.4. The van der Waals surface area contributed by atoms with Gasteiger partial charge in [-0.25, -0.2) is 13.7 Å². The lowest BCUT2D eigenvalue weighted by Crippen LogP contribution is -2.31. The van der Waals surface area contributed by atoms with Crippen molar-refractivity contribution in [3.05, 3.63) is 99.9 Å². The van der Waals surface area contributed by atoms with Gasteiger partial charge in [0, 0.05) is 9.92 Å². The Hall–Kier alpha value is -2.96. The molecule has 4 rings (SSSR count). The number of carbonyl (C=O) groups excluding carboxylic acids is 2. The van der Waals surface area contributed by atoms with Crippen molar-refractivity contribution in [3.63, 3.8) is 0 Å². The summed E-state index contributed by atoms with van der Waals surface area (Å²) in [5.41, 5.74) is 0.672. The number of hydrogen-bond acceptors (Lipinski definition) is 3. The molecule has 1 aliphatic rings. The molecular weight excluding hydrogens is 416 g/mol. The van der Waals surface area contributed by atoms with E-state index in [0.29, 0.717) is 15.5 Å². The number of amides is 2. The van der Waals surface area contributed by atoms with Crippen molar-refractivity contribution in [3.8, 4) is 0 Å². The van der Waals surface area contributed by atoms with E-state index in [4.69, 9.17) is 11.6 Å². The summed E-state index contributed by atoms with van der Waals surface area (Å²) < 4.78 is 27.1. The first-order valence-electron chi connectivity index (χ1n) is 8.52. The SMILES string of the molecule is O=C1C(Sc2ccc(Cl)cc2)=C(c2ccc(F)cc2)C(=O)N1c1cccc(F)c1. The number of carbonyl (C=O) groups is 2. The van der Waals surface area contributed by atoms with E-state index < -0.39 is 23.4 Å². The zero-order chi connectivity index (χ0) is 20.5. The molecule has 7 heteroatoms. The van der Waals surface area contributed by atoms with E-state index in [9.17, 15) is 18.4 Å². The van der Waals surface area contributed by atoms with Crippen molar-refractivity contribution >= 4 is 46.4 Å². The van der Waals surface area contributed by atoms with Crippen LogP contribution < -0.4 is 4.90 Å².